The summed E-state index contributed by atoms with van der Waals surface area (Å²) in [5.41, 5.74) is 1.19. The van der Waals surface area contributed by atoms with Crippen molar-refractivity contribution in [2.24, 2.45) is 17.3 Å². The maximum Gasteiger partial charge on any atom is 0.236 e. The van der Waals surface area contributed by atoms with E-state index in [1.54, 1.807) is 0 Å². The van der Waals surface area contributed by atoms with Gasteiger partial charge in [-0.3, -0.25) is 14.5 Å². The molecule has 1 saturated carbocycles. The monoisotopic (exact) mass is 453 g/mol. The molecule has 3 aliphatic rings. The lowest BCUT2D eigenvalue weighted by Crippen LogP contribution is -2.48. The number of amides is 2. The summed E-state index contributed by atoms with van der Waals surface area (Å²) >= 11 is 0. The third kappa shape index (κ3) is 7.07. The molecule has 33 heavy (non-hydrogen) atoms. The van der Waals surface area contributed by atoms with Gasteiger partial charge < -0.3 is 15.0 Å². The van der Waals surface area contributed by atoms with E-state index >= 15 is 0 Å². The predicted octanol–water partition coefficient (Wildman–Crippen LogP) is 3.62. The molecule has 0 aromatic heterocycles. The molecular weight excluding hydrogens is 414 g/mol. The molecule has 2 aliphatic heterocycles. The zero-order valence-corrected chi connectivity index (χ0v) is 20.4. The van der Waals surface area contributed by atoms with Gasteiger partial charge in [-0.1, -0.05) is 51.1 Å². The van der Waals surface area contributed by atoms with E-state index in [1.807, 2.05) is 23.1 Å². The van der Waals surface area contributed by atoms with Crippen molar-refractivity contribution in [1.29, 1.82) is 0 Å². The smallest absolute Gasteiger partial charge is 0.236 e. The molecule has 2 atom stereocenters. The highest BCUT2D eigenvalue weighted by Gasteiger charge is 2.33. The summed E-state index contributed by atoms with van der Waals surface area (Å²) in [7, 11) is 0. The minimum absolute atomic E-state index is 0.0794. The van der Waals surface area contributed by atoms with Crippen molar-refractivity contribution in [3.05, 3.63) is 42.0 Å². The van der Waals surface area contributed by atoms with Gasteiger partial charge in [0.2, 0.25) is 11.8 Å². The van der Waals surface area contributed by atoms with Crippen molar-refractivity contribution in [3.63, 3.8) is 0 Å². The summed E-state index contributed by atoms with van der Waals surface area (Å²) in [6, 6.07) is 8.50. The molecule has 1 aromatic carbocycles. The van der Waals surface area contributed by atoms with Crippen molar-refractivity contribution in [3.8, 4) is 5.75 Å². The highest BCUT2D eigenvalue weighted by atomic mass is 16.5. The molecule has 0 spiro atoms. The van der Waals surface area contributed by atoms with Crippen molar-refractivity contribution < 1.29 is 14.3 Å². The first kappa shape index (κ1) is 23.8. The minimum Gasteiger partial charge on any atom is -0.489 e. The Balaban J connectivity index is 1.53. The number of rotatable bonds is 4. The molecule has 0 radical (unpaired) electrons. The number of hydrogen-bond donors (Lipinski definition) is 1. The van der Waals surface area contributed by atoms with Crippen LogP contribution in [0, 0.1) is 17.3 Å². The van der Waals surface area contributed by atoms with Crippen molar-refractivity contribution in [1.82, 2.24) is 15.1 Å². The molecule has 6 nitrogen and oxygen atoms in total. The van der Waals surface area contributed by atoms with E-state index in [0.717, 1.165) is 43.7 Å². The SMILES string of the molecule is CC(C)(C)CN1CC(=O)N2CC[C@@H](CC(=O)NC3CC3)[C@@H](/C=C\COc3ccccc3C1)C2. The fraction of sp³-hybridized carbons (Fsp3) is 0.630. The Morgan fingerprint density at radius 1 is 1.15 bits per heavy atom. The Morgan fingerprint density at radius 2 is 1.94 bits per heavy atom. The number of piperidine rings is 1. The van der Waals surface area contributed by atoms with E-state index in [4.69, 9.17) is 4.74 Å². The zero-order valence-electron chi connectivity index (χ0n) is 20.4. The number of benzene rings is 1. The van der Waals surface area contributed by atoms with Gasteiger partial charge >= 0.3 is 0 Å². The predicted molar refractivity (Wildman–Crippen MR) is 130 cm³/mol. The maximum absolute atomic E-state index is 13.4. The van der Waals surface area contributed by atoms with Gasteiger partial charge in [0.05, 0.1) is 6.54 Å². The first-order chi connectivity index (χ1) is 15.8. The summed E-state index contributed by atoms with van der Waals surface area (Å²) in [5.74, 6) is 1.63. The molecule has 1 saturated heterocycles. The number of nitrogens with one attached hydrogen (secondary N) is 1. The molecule has 6 heteroatoms. The number of carbonyl (C=O) groups is 2. The lowest BCUT2D eigenvalue weighted by Gasteiger charge is -2.38. The molecular formula is C27H39N3O3. The first-order valence-electron chi connectivity index (χ1n) is 12.4. The molecule has 1 aromatic rings. The standard InChI is InChI=1S/C27H39N3O3/c1-27(2,3)19-29-16-22-7-4-5-9-24(22)33-14-6-8-21-17-30(26(32)18-29)13-12-20(21)15-25(31)28-23-10-11-23/h4-9,20-21,23H,10-19H2,1-3H3,(H,28,31)/b8-6-/t20-,21-/m0/s1. The molecule has 1 N–H and O–H groups in total. The second-order valence-electron chi connectivity index (χ2n) is 11.2. The van der Waals surface area contributed by atoms with Crippen LogP contribution in [0.15, 0.2) is 36.4 Å². The Labute approximate surface area is 198 Å². The molecule has 180 valence electrons. The second kappa shape index (κ2) is 10.3. The Hall–Kier alpha value is -2.34. The summed E-state index contributed by atoms with van der Waals surface area (Å²) < 4.78 is 6.13. The largest absolute Gasteiger partial charge is 0.489 e. The molecule has 2 heterocycles. The fourth-order valence-electron chi connectivity index (χ4n) is 5.00. The minimum atomic E-state index is 0.0794. The van der Waals surface area contributed by atoms with Crippen molar-refractivity contribution >= 4 is 11.8 Å². The maximum atomic E-state index is 13.4. The van der Waals surface area contributed by atoms with E-state index in [-0.39, 0.29) is 29.1 Å². The van der Waals surface area contributed by atoms with Crippen LogP contribution in [-0.4, -0.2) is 60.4 Å². The van der Waals surface area contributed by atoms with Gasteiger partial charge in [-0.2, -0.15) is 0 Å². The molecule has 4 rings (SSSR count). The summed E-state index contributed by atoms with van der Waals surface area (Å²) in [4.78, 5) is 30.1. The molecule has 0 unspecified atom stereocenters. The van der Waals surface area contributed by atoms with Crippen LogP contribution in [-0.2, 0) is 16.1 Å². The fourth-order valence-corrected chi connectivity index (χ4v) is 5.00. The van der Waals surface area contributed by atoms with E-state index in [9.17, 15) is 9.59 Å². The van der Waals surface area contributed by atoms with Gasteiger partial charge in [-0.15, -0.1) is 0 Å². The van der Waals surface area contributed by atoms with E-state index in [2.05, 4.69) is 49.2 Å². The number of para-hydroxylation sites is 1. The molecule has 1 aliphatic carbocycles. The lowest BCUT2D eigenvalue weighted by atomic mass is 9.82. The summed E-state index contributed by atoms with van der Waals surface area (Å²) in [6.07, 6.45) is 7.83. The average Bonchev–Trinajstić information content (AvgIpc) is 3.55. The quantitative estimate of drug-likeness (QED) is 0.708. The zero-order chi connectivity index (χ0) is 23.4. The number of carbonyl (C=O) groups excluding carboxylic acids is 2. The van der Waals surface area contributed by atoms with Gasteiger partial charge in [0, 0.05) is 44.2 Å². The molecule has 2 amide bonds. The van der Waals surface area contributed by atoms with Crippen LogP contribution in [0.4, 0.5) is 0 Å². The number of nitrogens with zero attached hydrogens (tertiary/aromatic N) is 2. The van der Waals surface area contributed by atoms with Crippen molar-refractivity contribution in [2.75, 3.05) is 32.8 Å². The van der Waals surface area contributed by atoms with Crippen LogP contribution in [0.2, 0.25) is 0 Å². The molecule has 2 fully saturated rings. The first-order valence-corrected chi connectivity index (χ1v) is 12.4. The van der Waals surface area contributed by atoms with Crippen molar-refractivity contribution in [2.45, 2.75) is 59.0 Å². The van der Waals surface area contributed by atoms with Crippen LogP contribution >= 0.6 is 0 Å². The van der Waals surface area contributed by atoms with Crippen LogP contribution in [0.5, 0.6) is 5.75 Å². The third-order valence-electron chi connectivity index (χ3n) is 6.69. The third-order valence-corrected chi connectivity index (χ3v) is 6.69. The van der Waals surface area contributed by atoms with E-state index < -0.39 is 0 Å². The molecule has 2 bridgehead atoms. The summed E-state index contributed by atoms with van der Waals surface area (Å²) in [6.45, 7) is 10.4. The van der Waals surface area contributed by atoms with Crippen LogP contribution in [0.3, 0.4) is 0 Å². The van der Waals surface area contributed by atoms with Crippen LogP contribution in [0.1, 0.15) is 52.0 Å². The van der Waals surface area contributed by atoms with Gasteiger partial charge in [0.25, 0.3) is 0 Å². The highest BCUT2D eigenvalue weighted by Crippen LogP contribution is 2.30. The number of ether oxygens (including phenoxy) is 1. The van der Waals surface area contributed by atoms with Gasteiger partial charge in [0.15, 0.2) is 0 Å². The second-order valence-corrected chi connectivity index (χ2v) is 11.2. The van der Waals surface area contributed by atoms with Crippen LogP contribution in [0.25, 0.3) is 0 Å². The number of hydrogen-bond acceptors (Lipinski definition) is 4. The number of fused-ring (bicyclic) bond motifs is 3. The topological polar surface area (TPSA) is 61.9 Å². The Kier molecular flexibility index (Phi) is 7.42. The van der Waals surface area contributed by atoms with E-state index in [1.165, 1.54) is 0 Å². The lowest BCUT2D eigenvalue weighted by molar-refractivity contribution is -0.135. The van der Waals surface area contributed by atoms with Gasteiger partial charge in [0.1, 0.15) is 12.4 Å². The highest BCUT2D eigenvalue weighted by molar-refractivity contribution is 5.79. The van der Waals surface area contributed by atoms with Gasteiger partial charge in [-0.05, 0) is 42.6 Å². The normalized spacial score (nSPS) is 25.7. The summed E-state index contributed by atoms with van der Waals surface area (Å²) in [5, 5.41) is 3.12. The Morgan fingerprint density at radius 3 is 2.70 bits per heavy atom. The Bertz CT molecular complexity index is 872. The van der Waals surface area contributed by atoms with E-state index in [0.29, 0.717) is 38.7 Å². The van der Waals surface area contributed by atoms with Crippen LogP contribution < -0.4 is 10.1 Å². The average molecular weight is 454 g/mol. The van der Waals surface area contributed by atoms with Gasteiger partial charge in [-0.25, -0.2) is 0 Å².